The van der Waals surface area contributed by atoms with E-state index in [0.717, 1.165) is 0 Å². The Morgan fingerprint density at radius 1 is 0.226 bits per heavy atom. The van der Waals surface area contributed by atoms with Crippen LogP contribution >= 0.6 is 11.3 Å². The third-order valence-corrected chi connectivity index (χ3v) is 12.1. The second kappa shape index (κ2) is 12.0. The van der Waals surface area contributed by atoms with Crippen molar-refractivity contribution in [2.45, 2.75) is 0 Å². The van der Waals surface area contributed by atoms with Gasteiger partial charge in [0, 0.05) is 20.2 Å². The highest BCUT2D eigenvalue weighted by molar-refractivity contribution is 7.25. The predicted octanol–water partition coefficient (Wildman–Crippen LogP) is 15.3. The highest BCUT2D eigenvalue weighted by atomic mass is 32.1. The third kappa shape index (κ3) is 4.97. The zero-order chi connectivity index (χ0) is 34.9. The summed E-state index contributed by atoms with van der Waals surface area (Å²) in [6, 6.07) is 71.8. The van der Waals surface area contributed by atoms with Crippen LogP contribution in [0.2, 0.25) is 0 Å². The van der Waals surface area contributed by atoms with Gasteiger partial charge < -0.3 is 0 Å². The first-order valence-electron chi connectivity index (χ1n) is 18.2. The average molecular weight is 689 g/mol. The smallest absolute Gasteiger partial charge is 0.0361 e. The minimum Gasteiger partial charge on any atom is -0.135 e. The quantitative estimate of drug-likeness (QED) is 0.162. The number of hydrogen-bond donors (Lipinski definition) is 0. The molecule has 0 fully saturated rings. The van der Waals surface area contributed by atoms with Crippen LogP contribution in [0, 0.1) is 0 Å². The molecule has 0 atom stereocenters. The maximum atomic E-state index is 2.38. The molecular weight excluding hydrogens is 657 g/mol. The first-order valence-corrected chi connectivity index (χ1v) is 19.1. The van der Waals surface area contributed by atoms with Crippen molar-refractivity contribution in [3.63, 3.8) is 0 Å². The van der Waals surface area contributed by atoms with Gasteiger partial charge in [0.05, 0.1) is 0 Å². The molecule has 10 aromatic carbocycles. The molecule has 0 N–H and O–H groups in total. The summed E-state index contributed by atoms with van der Waals surface area (Å²) in [5.41, 5.74) is 9.96. The van der Waals surface area contributed by atoms with E-state index in [1.807, 2.05) is 11.3 Å². The lowest BCUT2D eigenvalue weighted by Gasteiger charge is -2.18. The maximum Gasteiger partial charge on any atom is 0.0361 e. The van der Waals surface area contributed by atoms with Gasteiger partial charge >= 0.3 is 0 Å². The van der Waals surface area contributed by atoms with Gasteiger partial charge in [0.1, 0.15) is 0 Å². The Morgan fingerprint density at radius 3 is 1.40 bits per heavy atom. The van der Waals surface area contributed by atoms with Crippen LogP contribution in [0.15, 0.2) is 194 Å². The lowest BCUT2D eigenvalue weighted by molar-refractivity contribution is 1.62. The van der Waals surface area contributed by atoms with E-state index in [1.165, 1.54) is 108 Å². The first kappa shape index (κ1) is 30.1. The molecule has 11 rings (SSSR count). The van der Waals surface area contributed by atoms with Crippen LogP contribution in [0.4, 0.5) is 0 Å². The molecular formula is C52H32S. The first-order chi connectivity index (χ1) is 26.2. The molecule has 11 aromatic rings. The molecule has 0 saturated carbocycles. The Bertz CT molecular complexity index is 3160. The SMILES string of the molecule is c1cc(-c2ccc3c(c2)sc2cc4ccccc4cc23)cc(-c2c3ccccc3c(-c3ccc(-c4ccc5ccccc5c4)cc3)c3ccccc23)c1. The minimum absolute atomic E-state index is 1.23. The van der Waals surface area contributed by atoms with Crippen molar-refractivity contribution in [1.82, 2.24) is 0 Å². The number of thiophene rings is 1. The van der Waals surface area contributed by atoms with Crippen LogP contribution in [-0.4, -0.2) is 0 Å². The van der Waals surface area contributed by atoms with E-state index in [9.17, 15) is 0 Å². The summed E-state index contributed by atoms with van der Waals surface area (Å²) in [5, 5.41) is 12.9. The number of rotatable bonds is 4. The summed E-state index contributed by atoms with van der Waals surface area (Å²) in [7, 11) is 0. The van der Waals surface area contributed by atoms with Gasteiger partial charge in [-0.3, -0.25) is 0 Å². The summed E-state index contributed by atoms with van der Waals surface area (Å²) in [6.07, 6.45) is 0. The predicted molar refractivity (Wildman–Crippen MR) is 231 cm³/mol. The van der Waals surface area contributed by atoms with Crippen molar-refractivity contribution < 1.29 is 0 Å². The fourth-order valence-electron chi connectivity index (χ4n) is 8.44. The highest BCUT2D eigenvalue weighted by Gasteiger charge is 2.17. The van der Waals surface area contributed by atoms with E-state index in [2.05, 4.69) is 194 Å². The molecule has 0 nitrogen and oxygen atoms in total. The molecule has 246 valence electrons. The second-order valence-electron chi connectivity index (χ2n) is 14.1. The standard InChI is InChI=1S/C52H32S/c1-2-11-36-28-40(25-22-33(36)10-1)34-20-23-35(24-21-34)51-44-16-5-7-18-46(44)52(47-19-8-6-17-45(47)51)42-15-9-14-37(29-42)41-26-27-43-48-30-38-12-3-4-13-39(38)31-50(48)53-49(43)32-41/h1-32H. The highest BCUT2D eigenvalue weighted by Crippen LogP contribution is 2.45. The molecule has 1 heterocycles. The molecule has 0 bridgehead atoms. The van der Waals surface area contributed by atoms with Crippen LogP contribution in [-0.2, 0) is 0 Å². The van der Waals surface area contributed by atoms with Gasteiger partial charge in [0.25, 0.3) is 0 Å². The van der Waals surface area contributed by atoms with Crippen molar-refractivity contribution >= 4 is 74.6 Å². The lowest BCUT2D eigenvalue weighted by Crippen LogP contribution is -1.91. The molecule has 0 unspecified atom stereocenters. The van der Waals surface area contributed by atoms with Crippen molar-refractivity contribution in [3.8, 4) is 44.5 Å². The normalized spacial score (nSPS) is 11.8. The second-order valence-corrected chi connectivity index (χ2v) is 15.2. The van der Waals surface area contributed by atoms with Crippen molar-refractivity contribution in [1.29, 1.82) is 0 Å². The fraction of sp³-hybridized carbons (Fsp3) is 0. The van der Waals surface area contributed by atoms with Gasteiger partial charge in [-0.1, -0.05) is 164 Å². The Kier molecular flexibility index (Phi) is 6.83. The van der Waals surface area contributed by atoms with Crippen LogP contribution < -0.4 is 0 Å². The summed E-state index contributed by atoms with van der Waals surface area (Å²) >= 11 is 1.89. The zero-order valence-corrected chi connectivity index (χ0v) is 29.7. The van der Waals surface area contributed by atoms with Crippen molar-refractivity contribution in [2.24, 2.45) is 0 Å². The molecule has 1 aromatic heterocycles. The van der Waals surface area contributed by atoms with Crippen LogP contribution in [0.3, 0.4) is 0 Å². The van der Waals surface area contributed by atoms with Gasteiger partial charge in [-0.25, -0.2) is 0 Å². The minimum atomic E-state index is 1.23. The molecule has 0 aliphatic rings. The monoisotopic (exact) mass is 688 g/mol. The lowest BCUT2D eigenvalue weighted by atomic mass is 9.85. The Hall–Kier alpha value is -6.54. The number of benzene rings is 10. The summed E-state index contributed by atoms with van der Waals surface area (Å²) in [4.78, 5) is 0. The molecule has 53 heavy (non-hydrogen) atoms. The van der Waals surface area contributed by atoms with Crippen molar-refractivity contribution in [2.75, 3.05) is 0 Å². The Morgan fingerprint density at radius 2 is 0.698 bits per heavy atom. The van der Waals surface area contributed by atoms with Gasteiger partial charge in [-0.05, 0) is 118 Å². The molecule has 0 aliphatic heterocycles. The fourth-order valence-corrected chi connectivity index (χ4v) is 9.62. The molecule has 0 aliphatic carbocycles. The largest absolute Gasteiger partial charge is 0.135 e. The Balaban J connectivity index is 1.04. The van der Waals surface area contributed by atoms with Gasteiger partial charge in [-0.2, -0.15) is 0 Å². The van der Waals surface area contributed by atoms with E-state index in [4.69, 9.17) is 0 Å². The summed E-state index contributed by atoms with van der Waals surface area (Å²) in [6.45, 7) is 0. The molecule has 1 heteroatoms. The summed E-state index contributed by atoms with van der Waals surface area (Å²) in [5.74, 6) is 0. The molecule has 0 radical (unpaired) electrons. The maximum absolute atomic E-state index is 2.38. The van der Waals surface area contributed by atoms with Gasteiger partial charge in [-0.15, -0.1) is 11.3 Å². The van der Waals surface area contributed by atoms with Gasteiger partial charge in [0.2, 0.25) is 0 Å². The van der Waals surface area contributed by atoms with E-state index in [-0.39, 0.29) is 0 Å². The zero-order valence-electron chi connectivity index (χ0n) is 28.9. The van der Waals surface area contributed by atoms with Gasteiger partial charge in [0.15, 0.2) is 0 Å². The topological polar surface area (TPSA) is 0 Å². The van der Waals surface area contributed by atoms with E-state index >= 15 is 0 Å². The molecule has 0 spiro atoms. The van der Waals surface area contributed by atoms with E-state index in [1.54, 1.807) is 0 Å². The Labute approximate surface area is 311 Å². The summed E-state index contributed by atoms with van der Waals surface area (Å²) < 4.78 is 2.66. The number of hydrogen-bond acceptors (Lipinski definition) is 1. The van der Waals surface area contributed by atoms with Crippen molar-refractivity contribution in [3.05, 3.63) is 194 Å². The van der Waals surface area contributed by atoms with Crippen LogP contribution in [0.5, 0.6) is 0 Å². The molecule has 0 amide bonds. The molecule has 0 saturated heterocycles. The van der Waals surface area contributed by atoms with E-state index < -0.39 is 0 Å². The number of fused-ring (bicyclic) bond motifs is 7. The third-order valence-electron chi connectivity index (χ3n) is 11.0. The van der Waals surface area contributed by atoms with Crippen LogP contribution in [0.1, 0.15) is 0 Å². The average Bonchev–Trinajstić information content (AvgIpc) is 3.58. The van der Waals surface area contributed by atoms with Crippen LogP contribution in [0.25, 0.3) is 108 Å². The van der Waals surface area contributed by atoms with E-state index in [0.29, 0.717) is 0 Å².